The molecule has 0 spiro atoms. The van der Waals surface area contributed by atoms with Crippen molar-refractivity contribution in [2.75, 3.05) is 0 Å². The number of hydrogen-bond donors (Lipinski definition) is 2. The first-order chi connectivity index (χ1) is 7.95. The maximum Gasteiger partial charge on any atom is 0.287 e. The molecule has 1 fully saturated rings. The van der Waals surface area contributed by atoms with Crippen LogP contribution in [-0.4, -0.2) is 23.2 Å². The van der Waals surface area contributed by atoms with Gasteiger partial charge in [0.2, 0.25) is 0 Å². The lowest BCUT2D eigenvalue weighted by Crippen LogP contribution is -2.61. The summed E-state index contributed by atoms with van der Waals surface area (Å²) in [5, 5.41) is 12.5. The fourth-order valence-electron chi connectivity index (χ4n) is 2.07. The molecular weight excluding hydrogens is 218 g/mol. The summed E-state index contributed by atoms with van der Waals surface area (Å²) in [6, 6.07) is 3.52. The van der Waals surface area contributed by atoms with Gasteiger partial charge in [-0.2, -0.15) is 0 Å². The predicted molar refractivity (Wildman–Crippen MR) is 63.7 cm³/mol. The molecule has 1 amide bonds. The number of hydrogen-bond acceptors (Lipinski definition) is 3. The van der Waals surface area contributed by atoms with Crippen molar-refractivity contribution in [2.45, 2.75) is 45.8 Å². The molecule has 2 unspecified atom stereocenters. The van der Waals surface area contributed by atoms with E-state index in [-0.39, 0.29) is 23.5 Å². The van der Waals surface area contributed by atoms with E-state index in [0.717, 1.165) is 12.2 Å². The second-order valence-corrected chi connectivity index (χ2v) is 5.22. The van der Waals surface area contributed by atoms with Crippen LogP contribution in [-0.2, 0) is 6.42 Å². The minimum atomic E-state index is -0.337. The zero-order valence-electron chi connectivity index (χ0n) is 10.5. The van der Waals surface area contributed by atoms with Crippen LogP contribution < -0.4 is 5.32 Å². The number of aliphatic hydroxyl groups excluding tert-OH is 1. The van der Waals surface area contributed by atoms with E-state index in [1.54, 1.807) is 6.07 Å². The summed E-state index contributed by atoms with van der Waals surface area (Å²) in [6.07, 6.45) is 1.05. The van der Waals surface area contributed by atoms with E-state index < -0.39 is 0 Å². The van der Waals surface area contributed by atoms with Gasteiger partial charge in [0, 0.05) is 17.9 Å². The highest BCUT2D eigenvalue weighted by Crippen LogP contribution is 2.40. The van der Waals surface area contributed by atoms with Crippen LogP contribution in [0.25, 0.3) is 0 Å². The average Bonchev–Trinajstić information content (AvgIpc) is 2.77. The highest BCUT2D eigenvalue weighted by Gasteiger charge is 2.48. The number of aliphatic hydroxyl groups is 1. The van der Waals surface area contributed by atoms with Gasteiger partial charge < -0.3 is 14.8 Å². The van der Waals surface area contributed by atoms with Gasteiger partial charge in [-0.25, -0.2) is 0 Å². The largest absolute Gasteiger partial charge is 0.456 e. The van der Waals surface area contributed by atoms with E-state index in [2.05, 4.69) is 5.32 Å². The summed E-state index contributed by atoms with van der Waals surface area (Å²) in [5.41, 5.74) is -0.254. The summed E-state index contributed by atoms with van der Waals surface area (Å²) >= 11 is 0. The van der Waals surface area contributed by atoms with Crippen molar-refractivity contribution in [1.82, 2.24) is 5.32 Å². The molecule has 4 heteroatoms. The predicted octanol–water partition coefficient (Wildman–Crippen LogP) is 1.73. The molecule has 1 aliphatic carbocycles. The van der Waals surface area contributed by atoms with Crippen LogP contribution in [0.3, 0.4) is 0 Å². The molecule has 2 N–H and O–H groups in total. The maximum absolute atomic E-state index is 11.9. The van der Waals surface area contributed by atoms with Gasteiger partial charge in [-0.05, 0) is 18.6 Å². The molecule has 2 rings (SSSR count). The normalized spacial score (nSPS) is 26.4. The number of nitrogens with one attached hydrogen (secondary N) is 1. The topological polar surface area (TPSA) is 62.5 Å². The molecule has 1 saturated carbocycles. The Kier molecular flexibility index (Phi) is 3.00. The van der Waals surface area contributed by atoms with Gasteiger partial charge in [-0.3, -0.25) is 4.79 Å². The number of carbonyl (C=O) groups excluding carboxylic acids is 1. The molecule has 0 radical (unpaired) electrons. The lowest BCUT2D eigenvalue weighted by molar-refractivity contribution is -0.0691. The first-order valence-corrected chi connectivity index (χ1v) is 6.02. The average molecular weight is 237 g/mol. The molecule has 0 saturated heterocycles. The van der Waals surface area contributed by atoms with E-state index in [9.17, 15) is 9.90 Å². The lowest BCUT2D eigenvalue weighted by Gasteiger charge is -2.49. The van der Waals surface area contributed by atoms with Crippen molar-refractivity contribution in [3.63, 3.8) is 0 Å². The van der Waals surface area contributed by atoms with Gasteiger partial charge in [0.25, 0.3) is 5.91 Å². The monoisotopic (exact) mass is 237 g/mol. The fraction of sp³-hybridized carbons (Fsp3) is 0.615. The molecule has 1 aromatic rings. The second kappa shape index (κ2) is 4.18. The van der Waals surface area contributed by atoms with Crippen molar-refractivity contribution >= 4 is 5.91 Å². The number of rotatable bonds is 3. The van der Waals surface area contributed by atoms with Gasteiger partial charge >= 0.3 is 0 Å². The van der Waals surface area contributed by atoms with Crippen LogP contribution >= 0.6 is 0 Å². The SMILES string of the molecule is CCc1ccc(C(=O)NC2CC(O)C2(C)C)o1. The van der Waals surface area contributed by atoms with Crippen LogP contribution in [0.4, 0.5) is 0 Å². The van der Waals surface area contributed by atoms with Crippen molar-refractivity contribution < 1.29 is 14.3 Å². The Hall–Kier alpha value is -1.29. The summed E-state index contributed by atoms with van der Waals surface area (Å²) in [7, 11) is 0. The smallest absolute Gasteiger partial charge is 0.287 e. The molecule has 94 valence electrons. The minimum absolute atomic E-state index is 0.0141. The molecule has 1 aliphatic rings. The van der Waals surface area contributed by atoms with E-state index in [4.69, 9.17) is 4.42 Å². The zero-order chi connectivity index (χ0) is 12.6. The van der Waals surface area contributed by atoms with E-state index in [1.165, 1.54) is 0 Å². The maximum atomic E-state index is 11.9. The van der Waals surface area contributed by atoms with Crippen molar-refractivity contribution in [2.24, 2.45) is 5.41 Å². The summed E-state index contributed by atoms with van der Waals surface area (Å²) < 4.78 is 5.38. The van der Waals surface area contributed by atoms with E-state index in [1.807, 2.05) is 26.8 Å². The van der Waals surface area contributed by atoms with Crippen LogP contribution in [0.2, 0.25) is 0 Å². The minimum Gasteiger partial charge on any atom is -0.456 e. The molecule has 17 heavy (non-hydrogen) atoms. The molecule has 0 bridgehead atoms. The molecule has 4 nitrogen and oxygen atoms in total. The van der Waals surface area contributed by atoms with Crippen molar-refractivity contribution in [3.8, 4) is 0 Å². The number of furan rings is 1. The quantitative estimate of drug-likeness (QED) is 0.841. The Morgan fingerprint density at radius 3 is 2.76 bits per heavy atom. The Morgan fingerprint density at radius 1 is 1.59 bits per heavy atom. The van der Waals surface area contributed by atoms with Crippen LogP contribution in [0.5, 0.6) is 0 Å². The third-order valence-corrected chi connectivity index (χ3v) is 3.76. The van der Waals surface area contributed by atoms with Crippen LogP contribution in [0.1, 0.15) is 43.5 Å². The standard InChI is InChI=1S/C13H19NO3/c1-4-8-5-6-9(17-8)12(16)14-10-7-11(15)13(10,2)3/h5-6,10-11,15H,4,7H2,1-3H3,(H,14,16). The zero-order valence-corrected chi connectivity index (χ0v) is 10.5. The third-order valence-electron chi connectivity index (χ3n) is 3.76. The van der Waals surface area contributed by atoms with E-state index >= 15 is 0 Å². The van der Waals surface area contributed by atoms with Gasteiger partial charge in [-0.1, -0.05) is 20.8 Å². The number of amides is 1. The molecule has 1 aromatic heterocycles. The Labute approximate surface area is 101 Å². The first kappa shape index (κ1) is 12.2. The molecular formula is C13H19NO3. The number of aryl methyl sites for hydroxylation is 1. The highest BCUT2D eigenvalue weighted by molar-refractivity contribution is 5.91. The fourth-order valence-corrected chi connectivity index (χ4v) is 2.07. The lowest BCUT2D eigenvalue weighted by atomic mass is 9.64. The van der Waals surface area contributed by atoms with Gasteiger partial charge in [-0.15, -0.1) is 0 Å². The first-order valence-electron chi connectivity index (χ1n) is 6.02. The highest BCUT2D eigenvalue weighted by atomic mass is 16.3. The molecule has 0 aromatic carbocycles. The Morgan fingerprint density at radius 2 is 2.29 bits per heavy atom. The van der Waals surface area contributed by atoms with Crippen molar-refractivity contribution in [3.05, 3.63) is 23.7 Å². The summed E-state index contributed by atoms with van der Waals surface area (Å²) in [6.45, 7) is 5.88. The van der Waals surface area contributed by atoms with Crippen LogP contribution in [0, 0.1) is 5.41 Å². The summed E-state index contributed by atoms with van der Waals surface area (Å²) in [4.78, 5) is 11.9. The number of carbonyl (C=O) groups is 1. The second-order valence-electron chi connectivity index (χ2n) is 5.22. The van der Waals surface area contributed by atoms with Crippen LogP contribution in [0.15, 0.2) is 16.5 Å². The van der Waals surface area contributed by atoms with E-state index in [0.29, 0.717) is 12.2 Å². The van der Waals surface area contributed by atoms with Gasteiger partial charge in [0.05, 0.1) is 6.10 Å². The Bertz CT molecular complexity index is 422. The molecule has 1 heterocycles. The molecule has 0 aliphatic heterocycles. The van der Waals surface area contributed by atoms with Gasteiger partial charge in [0.15, 0.2) is 5.76 Å². The Balaban J connectivity index is 1.98. The molecule has 2 atom stereocenters. The third kappa shape index (κ3) is 2.09. The summed E-state index contributed by atoms with van der Waals surface area (Å²) in [5.74, 6) is 0.955. The van der Waals surface area contributed by atoms with Gasteiger partial charge in [0.1, 0.15) is 5.76 Å². The van der Waals surface area contributed by atoms with Crippen molar-refractivity contribution in [1.29, 1.82) is 0 Å².